The summed E-state index contributed by atoms with van der Waals surface area (Å²) >= 11 is 1.71. The van der Waals surface area contributed by atoms with E-state index in [4.69, 9.17) is 0 Å². The second-order valence-corrected chi connectivity index (χ2v) is 6.31. The van der Waals surface area contributed by atoms with Crippen molar-refractivity contribution in [1.29, 1.82) is 0 Å². The molecule has 2 heterocycles. The zero-order chi connectivity index (χ0) is 14.7. The van der Waals surface area contributed by atoms with E-state index in [9.17, 15) is 0 Å². The van der Waals surface area contributed by atoms with Crippen molar-refractivity contribution in [1.82, 2.24) is 19.7 Å². The largest absolute Gasteiger partial charge is 0.327 e. The van der Waals surface area contributed by atoms with E-state index in [0.717, 1.165) is 33.0 Å². The minimum atomic E-state index is 0.782. The first-order chi connectivity index (χ1) is 10.3. The van der Waals surface area contributed by atoms with E-state index in [1.165, 1.54) is 25.7 Å². The fraction of sp³-hybridized carbons (Fsp3) is 0.438. The van der Waals surface area contributed by atoms with Crippen LogP contribution >= 0.6 is 11.8 Å². The zero-order valence-electron chi connectivity index (χ0n) is 12.5. The first-order valence-corrected chi connectivity index (χ1v) is 8.50. The van der Waals surface area contributed by atoms with Crippen LogP contribution < -0.4 is 0 Å². The Morgan fingerprint density at radius 2 is 1.95 bits per heavy atom. The Hall–Kier alpha value is -1.62. The summed E-state index contributed by atoms with van der Waals surface area (Å²) in [5, 5.41) is 10.6. The lowest BCUT2D eigenvalue weighted by Crippen LogP contribution is -1.96. The number of hydrogen-bond acceptors (Lipinski definition) is 4. The lowest BCUT2D eigenvalue weighted by molar-refractivity contribution is 0.705. The summed E-state index contributed by atoms with van der Waals surface area (Å²) in [6, 6.07) is 8.24. The molecular weight excluding hydrogens is 280 g/mol. The molecule has 4 nitrogen and oxygen atoms in total. The Morgan fingerprint density at radius 1 is 1.10 bits per heavy atom. The second kappa shape index (κ2) is 6.43. The molecule has 0 bridgehead atoms. The molecule has 3 aromatic rings. The number of aryl methyl sites for hydroxylation is 1. The second-order valence-electron chi connectivity index (χ2n) is 5.25. The Bertz CT molecular complexity index is 750. The lowest BCUT2D eigenvalue weighted by Gasteiger charge is -2.00. The molecule has 3 rings (SSSR count). The molecule has 0 fully saturated rings. The van der Waals surface area contributed by atoms with Gasteiger partial charge in [-0.05, 0) is 12.5 Å². The highest BCUT2D eigenvalue weighted by Gasteiger charge is 2.11. The molecule has 1 aromatic carbocycles. The lowest BCUT2D eigenvalue weighted by atomic mass is 10.2. The molecule has 0 amide bonds. The van der Waals surface area contributed by atoms with Crippen LogP contribution in [0, 0.1) is 0 Å². The van der Waals surface area contributed by atoms with Gasteiger partial charge in [-0.3, -0.25) is 0 Å². The van der Waals surface area contributed by atoms with Crippen molar-refractivity contribution < 1.29 is 0 Å². The van der Waals surface area contributed by atoms with Crippen molar-refractivity contribution in [2.45, 2.75) is 37.8 Å². The van der Waals surface area contributed by atoms with Crippen molar-refractivity contribution in [2.24, 2.45) is 7.05 Å². The van der Waals surface area contributed by atoms with Crippen LogP contribution in [-0.2, 0) is 7.05 Å². The molecule has 21 heavy (non-hydrogen) atoms. The van der Waals surface area contributed by atoms with Gasteiger partial charge in [0.1, 0.15) is 5.52 Å². The number of hydrogen-bond donors (Lipinski definition) is 0. The van der Waals surface area contributed by atoms with Crippen molar-refractivity contribution in [3.63, 3.8) is 0 Å². The van der Waals surface area contributed by atoms with E-state index < -0.39 is 0 Å². The molecule has 110 valence electrons. The number of rotatable bonds is 6. The zero-order valence-corrected chi connectivity index (χ0v) is 13.4. The Labute approximate surface area is 129 Å². The molecule has 2 aromatic heterocycles. The first kappa shape index (κ1) is 14.3. The Balaban J connectivity index is 1.83. The van der Waals surface area contributed by atoms with Crippen LogP contribution in [0.25, 0.3) is 22.1 Å². The number of aromatic nitrogens is 4. The first-order valence-electron chi connectivity index (χ1n) is 7.52. The monoisotopic (exact) mass is 300 g/mol. The maximum Gasteiger partial charge on any atom is 0.211 e. The maximum atomic E-state index is 4.68. The average Bonchev–Trinajstić information content (AvgIpc) is 2.81. The van der Waals surface area contributed by atoms with Crippen LogP contribution in [0.5, 0.6) is 0 Å². The van der Waals surface area contributed by atoms with Gasteiger partial charge in [0.2, 0.25) is 5.16 Å². The Morgan fingerprint density at radius 3 is 2.81 bits per heavy atom. The quantitative estimate of drug-likeness (QED) is 0.506. The molecule has 5 heteroatoms. The predicted molar refractivity (Wildman–Crippen MR) is 88.7 cm³/mol. The topological polar surface area (TPSA) is 43.6 Å². The molecule has 0 aliphatic rings. The standard InChI is InChI=1S/C16H20N4S/c1-3-4-5-8-11-21-16-17-15-14(18-19-16)12-9-6-7-10-13(12)20(15)2/h6-7,9-10H,3-5,8,11H2,1-2H3. The highest BCUT2D eigenvalue weighted by atomic mass is 32.2. The van der Waals surface area contributed by atoms with Gasteiger partial charge < -0.3 is 4.57 Å². The molecular formula is C16H20N4S. The van der Waals surface area contributed by atoms with Gasteiger partial charge in [0, 0.05) is 18.2 Å². The fourth-order valence-electron chi connectivity index (χ4n) is 2.55. The van der Waals surface area contributed by atoms with Crippen molar-refractivity contribution in [3.05, 3.63) is 24.3 Å². The van der Waals surface area contributed by atoms with Gasteiger partial charge >= 0.3 is 0 Å². The van der Waals surface area contributed by atoms with Gasteiger partial charge in [0.15, 0.2) is 5.65 Å². The van der Waals surface area contributed by atoms with Gasteiger partial charge in [-0.25, -0.2) is 4.98 Å². The Kier molecular flexibility index (Phi) is 4.39. The number of fused-ring (bicyclic) bond motifs is 3. The average molecular weight is 300 g/mol. The third kappa shape index (κ3) is 2.88. The normalized spacial score (nSPS) is 11.5. The maximum absolute atomic E-state index is 4.68. The van der Waals surface area contributed by atoms with Crippen LogP contribution in [0.1, 0.15) is 32.6 Å². The van der Waals surface area contributed by atoms with Crippen LogP contribution in [-0.4, -0.2) is 25.5 Å². The minimum absolute atomic E-state index is 0.782. The molecule has 0 N–H and O–H groups in total. The van der Waals surface area contributed by atoms with E-state index in [1.807, 2.05) is 19.2 Å². The van der Waals surface area contributed by atoms with Crippen LogP contribution in [0.4, 0.5) is 0 Å². The fourth-order valence-corrected chi connectivity index (χ4v) is 3.33. The molecule has 0 aliphatic carbocycles. The van der Waals surface area contributed by atoms with Crippen LogP contribution in [0.15, 0.2) is 29.4 Å². The highest BCUT2D eigenvalue weighted by Crippen LogP contribution is 2.26. The number of para-hydroxylation sites is 1. The van der Waals surface area contributed by atoms with E-state index >= 15 is 0 Å². The third-order valence-electron chi connectivity index (χ3n) is 3.72. The van der Waals surface area contributed by atoms with E-state index in [2.05, 4.69) is 38.8 Å². The number of nitrogens with zero attached hydrogens (tertiary/aromatic N) is 4. The smallest absolute Gasteiger partial charge is 0.211 e. The summed E-state index contributed by atoms with van der Waals surface area (Å²) in [6.07, 6.45) is 5.08. The molecule has 0 aliphatic heterocycles. The number of benzene rings is 1. The van der Waals surface area contributed by atoms with Crippen molar-refractivity contribution in [2.75, 3.05) is 5.75 Å². The van der Waals surface area contributed by atoms with Gasteiger partial charge in [-0.2, -0.15) is 0 Å². The molecule has 0 unspecified atom stereocenters. The van der Waals surface area contributed by atoms with Gasteiger partial charge in [0.25, 0.3) is 0 Å². The summed E-state index contributed by atoms with van der Waals surface area (Å²) in [7, 11) is 2.04. The SMILES string of the molecule is CCCCCCSc1nnc2c3ccccc3n(C)c2n1. The molecule has 0 atom stereocenters. The van der Waals surface area contributed by atoms with E-state index in [0.29, 0.717) is 0 Å². The molecule has 0 saturated heterocycles. The molecule has 0 radical (unpaired) electrons. The minimum Gasteiger partial charge on any atom is -0.327 e. The van der Waals surface area contributed by atoms with E-state index in [-0.39, 0.29) is 0 Å². The number of unbranched alkanes of at least 4 members (excludes halogenated alkanes) is 3. The predicted octanol–water partition coefficient (Wildman–Crippen LogP) is 4.19. The van der Waals surface area contributed by atoms with Crippen molar-refractivity contribution >= 4 is 33.8 Å². The van der Waals surface area contributed by atoms with Gasteiger partial charge in [-0.1, -0.05) is 56.1 Å². The highest BCUT2D eigenvalue weighted by molar-refractivity contribution is 7.99. The summed E-state index contributed by atoms with van der Waals surface area (Å²) in [4.78, 5) is 4.68. The van der Waals surface area contributed by atoms with Gasteiger partial charge in [0.05, 0.1) is 5.52 Å². The third-order valence-corrected chi connectivity index (χ3v) is 4.64. The van der Waals surface area contributed by atoms with Crippen LogP contribution in [0.2, 0.25) is 0 Å². The van der Waals surface area contributed by atoms with Crippen molar-refractivity contribution in [3.8, 4) is 0 Å². The summed E-state index contributed by atoms with van der Waals surface area (Å²) in [5.41, 5.74) is 2.96. The summed E-state index contributed by atoms with van der Waals surface area (Å²) in [6.45, 7) is 2.23. The van der Waals surface area contributed by atoms with Crippen LogP contribution in [0.3, 0.4) is 0 Å². The molecule has 0 spiro atoms. The summed E-state index contributed by atoms with van der Waals surface area (Å²) < 4.78 is 2.10. The summed E-state index contributed by atoms with van der Waals surface area (Å²) in [5.74, 6) is 1.07. The van der Waals surface area contributed by atoms with Gasteiger partial charge in [-0.15, -0.1) is 10.2 Å². The molecule has 0 saturated carbocycles. The van der Waals surface area contributed by atoms with E-state index in [1.54, 1.807) is 11.8 Å². The number of thioether (sulfide) groups is 1.